The van der Waals surface area contributed by atoms with E-state index in [-0.39, 0.29) is 0 Å². The van der Waals surface area contributed by atoms with Crippen molar-refractivity contribution in [1.82, 2.24) is 10.2 Å². The van der Waals surface area contributed by atoms with Crippen molar-refractivity contribution < 1.29 is 0 Å². The first-order valence-corrected chi connectivity index (χ1v) is 8.66. The fourth-order valence-electron chi connectivity index (χ4n) is 3.27. The number of hydrogen-bond donors (Lipinski definition) is 1. The number of benzene rings is 1. The molecule has 1 heterocycles. The van der Waals surface area contributed by atoms with Gasteiger partial charge >= 0.3 is 0 Å². The van der Waals surface area contributed by atoms with E-state index < -0.39 is 0 Å². The monoisotopic (exact) mass is 288 g/mol. The molecule has 2 atom stereocenters. The lowest BCUT2D eigenvalue weighted by Gasteiger charge is -2.37. The summed E-state index contributed by atoms with van der Waals surface area (Å²) in [6.45, 7) is 10.6. The van der Waals surface area contributed by atoms with E-state index in [1.54, 1.807) is 0 Å². The van der Waals surface area contributed by atoms with E-state index in [2.05, 4.69) is 61.3 Å². The van der Waals surface area contributed by atoms with Crippen LogP contribution in [0.5, 0.6) is 0 Å². The molecule has 1 aromatic carbocycles. The van der Waals surface area contributed by atoms with Crippen LogP contribution < -0.4 is 5.32 Å². The summed E-state index contributed by atoms with van der Waals surface area (Å²) in [4.78, 5) is 2.71. The molecule has 0 radical (unpaired) electrons. The fraction of sp³-hybridized carbons (Fsp3) is 0.684. The van der Waals surface area contributed by atoms with Crippen molar-refractivity contribution in [3.63, 3.8) is 0 Å². The summed E-state index contributed by atoms with van der Waals surface area (Å²) in [6.07, 6.45) is 5.23. The molecule has 0 aromatic heterocycles. The Bertz CT molecular complexity index is 388. The molecule has 2 rings (SSSR count). The molecule has 0 spiro atoms. The van der Waals surface area contributed by atoms with Crippen LogP contribution in [-0.4, -0.2) is 36.6 Å². The van der Waals surface area contributed by atoms with Crippen LogP contribution in [0.15, 0.2) is 30.3 Å². The molecule has 2 heteroatoms. The minimum Gasteiger partial charge on any atom is -0.314 e. The summed E-state index contributed by atoms with van der Waals surface area (Å²) in [5, 5.41) is 3.61. The number of hydrogen-bond acceptors (Lipinski definition) is 2. The zero-order valence-corrected chi connectivity index (χ0v) is 14.0. The van der Waals surface area contributed by atoms with Gasteiger partial charge in [-0.15, -0.1) is 0 Å². The molecule has 0 aliphatic carbocycles. The SMILES string of the molecule is CC(C)NCC1CCCN(C(C)CCc2ccccc2)C1. The lowest BCUT2D eigenvalue weighted by atomic mass is 9.95. The van der Waals surface area contributed by atoms with Gasteiger partial charge in [0.15, 0.2) is 0 Å². The second kappa shape index (κ2) is 8.55. The van der Waals surface area contributed by atoms with Gasteiger partial charge in [0, 0.05) is 18.6 Å². The summed E-state index contributed by atoms with van der Waals surface area (Å²) in [5.41, 5.74) is 1.47. The number of nitrogens with zero attached hydrogens (tertiary/aromatic N) is 1. The minimum atomic E-state index is 0.607. The Hall–Kier alpha value is -0.860. The molecule has 0 bridgehead atoms. The molecule has 118 valence electrons. The van der Waals surface area contributed by atoms with Gasteiger partial charge in [-0.25, -0.2) is 0 Å². The molecule has 1 aliphatic heterocycles. The van der Waals surface area contributed by atoms with E-state index in [1.165, 1.54) is 50.9 Å². The van der Waals surface area contributed by atoms with E-state index in [9.17, 15) is 0 Å². The Balaban J connectivity index is 1.75. The van der Waals surface area contributed by atoms with Crippen molar-refractivity contribution >= 4 is 0 Å². The second-order valence-electron chi connectivity index (χ2n) is 6.94. The highest BCUT2D eigenvalue weighted by Gasteiger charge is 2.23. The van der Waals surface area contributed by atoms with Gasteiger partial charge < -0.3 is 10.2 Å². The Kier molecular flexibility index (Phi) is 6.72. The van der Waals surface area contributed by atoms with Crippen molar-refractivity contribution in [3.05, 3.63) is 35.9 Å². The largest absolute Gasteiger partial charge is 0.314 e. The van der Waals surface area contributed by atoms with Gasteiger partial charge in [0.1, 0.15) is 0 Å². The fourth-order valence-corrected chi connectivity index (χ4v) is 3.27. The smallest absolute Gasteiger partial charge is 0.00702 e. The topological polar surface area (TPSA) is 15.3 Å². The van der Waals surface area contributed by atoms with Gasteiger partial charge in [-0.2, -0.15) is 0 Å². The van der Waals surface area contributed by atoms with Crippen LogP contribution in [0.4, 0.5) is 0 Å². The molecule has 0 saturated carbocycles. The molecule has 2 unspecified atom stereocenters. The van der Waals surface area contributed by atoms with Crippen LogP contribution in [0, 0.1) is 5.92 Å². The molecule has 1 aromatic rings. The third-order valence-corrected chi connectivity index (χ3v) is 4.68. The minimum absolute atomic E-state index is 0.607. The second-order valence-corrected chi connectivity index (χ2v) is 6.94. The van der Waals surface area contributed by atoms with Crippen LogP contribution in [0.2, 0.25) is 0 Å². The predicted octanol–water partition coefficient (Wildman–Crippen LogP) is 3.72. The quantitative estimate of drug-likeness (QED) is 0.822. The highest BCUT2D eigenvalue weighted by atomic mass is 15.2. The van der Waals surface area contributed by atoms with Gasteiger partial charge in [0.2, 0.25) is 0 Å². The Morgan fingerprint density at radius 3 is 2.67 bits per heavy atom. The molecule has 1 fully saturated rings. The molecule has 0 amide bonds. The summed E-state index contributed by atoms with van der Waals surface area (Å²) in [7, 11) is 0. The van der Waals surface area contributed by atoms with Crippen LogP contribution in [0.25, 0.3) is 0 Å². The Labute approximate surface area is 130 Å². The molecule has 1 aliphatic rings. The highest BCUT2D eigenvalue weighted by Crippen LogP contribution is 2.20. The zero-order chi connectivity index (χ0) is 15.1. The normalized spacial score (nSPS) is 21.6. The first kappa shape index (κ1) is 16.5. The Morgan fingerprint density at radius 2 is 1.95 bits per heavy atom. The summed E-state index contributed by atoms with van der Waals surface area (Å²) in [6, 6.07) is 12.2. The zero-order valence-electron chi connectivity index (χ0n) is 14.0. The number of piperidine rings is 1. The summed E-state index contributed by atoms with van der Waals surface area (Å²) in [5.74, 6) is 0.834. The molecule has 1 saturated heterocycles. The molecule has 2 nitrogen and oxygen atoms in total. The van der Waals surface area contributed by atoms with E-state index in [0.29, 0.717) is 12.1 Å². The lowest BCUT2D eigenvalue weighted by molar-refractivity contribution is 0.124. The van der Waals surface area contributed by atoms with Gasteiger partial charge in [-0.05, 0) is 57.2 Å². The summed E-state index contributed by atoms with van der Waals surface area (Å²) >= 11 is 0. The van der Waals surface area contributed by atoms with Gasteiger partial charge in [0.05, 0.1) is 0 Å². The maximum Gasteiger partial charge on any atom is 0.00702 e. The molecule has 1 N–H and O–H groups in total. The van der Waals surface area contributed by atoms with Crippen molar-refractivity contribution in [1.29, 1.82) is 0 Å². The molecule has 21 heavy (non-hydrogen) atoms. The van der Waals surface area contributed by atoms with Gasteiger partial charge in [0.25, 0.3) is 0 Å². The van der Waals surface area contributed by atoms with Gasteiger partial charge in [-0.1, -0.05) is 44.2 Å². The maximum atomic E-state index is 3.61. The number of likely N-dealkylation sites (tertiary alicyclic amines) is 1. The van der Waals surface area contributed by atoms with Crippen LogP contribution >= 0.6 is 0 Å². The molecular weight excluding hydrogens is 256 g/mol. The number of rotatable bonds is 7. The Morgan fingerprint density at radius 1 is 1.19 bits per heavy atom. The van der Waals surface area contributed by atoms with Gasteiger partial charge in [-0.3, -0.25) is 0 Å². The molecular formula is C19H32N2. The lowest BCUT2D eigenvalue weighted by Crippen LogP contribution is -2.44. The average molecular weight is 288 g/mol. The van der Waals surface area contributed by atoms with Crippen molar-refractivity contribution in [3.8, 4) is 0 Å². The van der Waals surface area contributed by atoms with E-state index in [0.717, 1.165) is 5.92 Å². The van der Waals surface area contributed by atoms with Crippen molar-refractivity contribution in [2.45, 2.75) is 58.5 Å². The van der Waals surface area contributed by atoms with Crippen LogP contribution in [0.3, 0.4) is 0 Å². The van der Waals surface area contributed by atoms with E-state index in [4.69, 9.17) is 0 Å². The van der Waals surface area contributed by atoms with E-state index >= 15 is 0 Å². The van der Waals surface area contributed by atoms with Crippen molar-refractivity contribution in [2.24, 2.45) is 5.92 Å². The van der Waals surface area contributed by atoms with E-state index in [1.807, 2.05) is 0 Å². The van der Waals surface area contributed by atoms with Crippen LogP contribution in [0.1, 0.15) is 45.6 Å². The third kappa shape index (κ3) is 5.80. The average Bonchev–Trinajstić information content (AvgIpc) is 2.52. The van der Waals surface area contributed by atoms with Crippen molar-refractivity contribution in [2.75, 3.05) is 19.6 Å². The van der Waals surface area contributed by atoms with Crippen LogP contribution in [-0.2, 0) is 6.42 Å². The maximum absolute atomic E-state index is 3.61. The predicted molar refractivity (Wildman–Crippen MR) is 91.7 cm³/mol. The number of nitrogens with one attached hydrogen (secondary N) is 1. The first-order chi connectivity index (χ1) is 10.1. The first-order valence-electron chi connectivity index (χ1n) is 8.66. The number of aryl methyl sites for hydroxylation is 1. The highest BCUT2D eigenvalue weighted by molar-refractivity contribution is 5.14. The standard InChI is InChI=1S/C19H32N2/c1-16(2)20-14-19-10-7-13-21(15-19)17(3)11-12-18-8-5-4-6-9-18/h4-6,8-9,16-17,19-20H,7,10-15H2,1-3H3. The third-order valence-electron chi connectivity index (χ3n) is 4.68. The summed E-state index contributed by atoms with van der Waals surface area (Å²) < 4.78 is 0.